The summed E-state index contributed by atoms with van der Waals surface area (Å²) < 4.78 is 42.8. The highest BCUT2D eigenvalue weighted by molar-refractivity contribution is 6.73. The molecule has 0 aliphatic heterocycles. The van der Waals surface area contributed by atoms with Gasteiger partial charge in [0, 0.05) is 6.54 Å². The van der Waals surface area contributed by atoms with E-state index in [2.05, 4.69) is 0 Å². The second kappa shape index (κ2) is 5.45. The van der Waals surface area contributed by atoms with Crippen LogP contribution in [0, 0.1) is 6.92 Å². The van der Waals surface area contributed by atoms with E-state index in [1.807, 2.05) is 19.0 Å². The van der Waals surface area contributed by atoms with Crippen molar-refractivity contribution in [1.82, 2.24) is 4.90 Å². The van der Waals surface area contributed by atoms with Gasteiger partial charge in [-0.25, -0.2) is 0 Å². The van der Waals surface area contributed by atoms with Crippen LogP contribution in [0.15, 0.2) is 18.2 Å². The first kappa shape index (κ1) is 13.9. The normalized spacial score (nSPS) is 11.9. The van der Waals surface area contributed by atoms with Crippen molar-refractivity contribution in [2.45, 2.75) is 6.92 Å². The lowest BCUT2D eigenvalue weighted by Gasteiger charge is -2.18. The Morgan fingerprint density at radius 2 is 1.88 bits per heavy atom. The van der Waals surface area contributed by atoms with Gasteiger partial charge < -0.3 is 22.6 Å². The minimum absolute atomic E-state index is 0.463. The third-order valence-electron chi connectivity index (χ3n) is 2.37. The largest absolute Gasteiger partial charge is 0.509 e. The Bertz CT molecular complexity index is 379. The van der Waals surface area contributed by atoms with Gasteiger partial charge in [-0.3, -0.25) is 0 Å². The molecular weight excluding hydrogens is 230 g/mol. The predicted molar refractivity (Wildman–Crippen MR) is 63.9 cm³/mol. The van der Waals surface area contributed by atoms with Crippen LogP contribution in [0.3, 0.4) is 0 Å². The molecule has 1 aromatic carbocycles. The summed E-state index contributed by atoms with van der Waals surface area (Å²) in [5, 5.41) is 0. The van der Waals surface area contributed by atoms with Crippen LogP contribution >= 0.6 is 0 Å². The number of hydrogen-bond donors (Lipinski definition) is 0. The van der Waals surface area contributed by atoms with Crippen molar-refractivity contribution in [1.29, 1.82) is 0 Å². The number of benzene rings is 1. The van der Waals surface area contributed by atoms with Gasteiger partial charge in [0.2, 0.25) is 0 Å². The molecule has 0 unspecified atom stereocenters. The van der Waals surface area contributed by atoms with Gasteiger partial charge in [-0.05, 0) is 32.6 Å². The molecule has 0 atom stereocenters. The fourth-order valence-corrected chi connectivity index (χ4v) is 1.38. The van der Waals surface area contributed by atoms with Crippen molar-refractivity contribution < 1.29 is 17.7 Å². The van der Waals surface area contributed by atoms with Crippen molar-refractivity contribution in [3.05, 3.63) is 23.8 Å². The van der Waals surface area contributed by atoms with E-state index in [1.54, 1.807) is 6.92 Å². The van der Waals surface area contributed by atoms with Crippen LogP contribution < -0.4 is 10.2 Å². The molecule has 0 saturated heterocycles. The van der Waals surface area contributed by atoms with Crippen LogP contribution in [0.2, 0.25) is 0 Å². The molecule has 0 aliphatic rings. The molecule has 0 bridgehead atoms. The quantitative estimate of drug-likeness (QED) is 0.736. The maximum Gasteiger partial charge on any atom is 0.509 e. The molecule has 0 saturated carbocycles. The van der Waals surface area contributed by atoms with Crippen molar-refractivity contribution in [2.24, 2.45) is 0 Å². The van der Waals surface area contributed by atoms with E-state index >= 15 is 0 Å². The maximum atomic E-state index is 12.5. The number of halogens is 3. The topological polar surface area (TPSA) is 12.5 Å². The van der Waals surface area contributed by atoms with Gasteiger partial charge in [0.05, 0.1) is 0 Å². The van der Waals surface area contributed by atoms with E-state index in [1.165, 1.54) is 6.07 Å². The third kappa shape index (κ3) is 4.30. The lowest BCUT2D eigenvalue weighted by atomic mass is 9.79. The van der Waals surface area contributed by atoms with E-state index in [0.29, 0.717) is 17.9 Å². The van der Waals surface area contributed by atoms with Gasteiger partial charge in [-0.1, -0.05) is 12.1 Å². The van der Waals surface area contributed by atoms with Crippen molar-refractivity contribution in [3.63, 3.8) is 0 Å². The smallest absolute Gasteiger partial charge is 0.492 e. The van der Waals surface area contributed by atoms with E-state index in [-0.39, 0.29) is 0 Å². The Morgan fingerprint density at radius 3 is 2.35 bits per heavy atom. The summed E-state index contributed by atoms with van der Waals surface area (Å²) in [6.45, 7) is -2.12. The number of rotatable bonds is 5. The van der Waals surface area contributed by atoms with Gasteiger partial charge in [-0.2, -0.15) is 0 Å². The van der Waals surface area contributed by atoms with Crippen molar-refractivity contribution in [2.75, 3.05) is 27.2 Å². The Balaban J connectivity index is 2.70. The molecular formula is C11H16BF3NO-. The molecule has 0 fully saturated rings. The van der Waals surface area contributed by atoms with Gasteiger partial charge in [-0.15, -0.1) is 5.46 Å². The summed E-state index contributed by atoms with van der Waals surface area (Å²) in [7, 11) is 3.82. The van der Waals surface area contributed by atoms with Gasteiger partial charge in [0.25, 0.3) is 0 Å². The van der Waals surface area contributed by atoms with Gasteiger partial charge in [0.15, 0.2) is 0 Å². The first-order chi connectivity index (χ1) is 7.80. The van der Waals surface area contributed by atoms with Crippen LogP contribution in [-0.2, 0) is 0 Å². The Morgan fingerprint density at radius 1 is 1.24 bits per heavy atom. The molecule has 0 aliphatic carbocycles. The summed E-state index contributed by atoms with van der Waals surface area (Å²) in [4.78, 5) is 1.95. The average molecular weight is 246 g/mol. The zero-order chi connectivity index (χ0) is 13.1. The fraction of sp³-hybridized carbons (Fsp3) is 0.455. The van der Waals surface area contributed by atoms with Crippen molar-refractivity contribution >= 4 is 12.4 Å². The highest BCUT2D eigenvalue weighted by Crippen LogP contribution is 2.18. The van der Waals surface area contributed by atoms with Crippen molar-refractivity contribution in [3.8, 4) is 5.75 Å². The number of likely N-dealkylation sites (N-methyl/N-ethyl adjacent to an activating group) is 1. The first-order valence-electron chi connectivity index (χ1n) is 5.38. The molecule has 96 valence electrons. The summed E-state index contributed by atoms with van der Waals surface area (Å²) in [5.41, 5.74) is -0.0667. The van der Waals surface area contributed by atoms with E-state index in [9.17, 15) is 12.9 Å². The average Bonchev–Trinajstić information content (AvgIpc) is 2.18. The zero-order valence-electron chi connectivity index (χ0n) is 10.2. The SMILES string of the molecule is Cc1cc([B-](F)(F)F)ccc1OCCN(C)C. The number of aryl methyl sites for hydroxylation is 1. The number of ether oxygens (including phenoxy) is 1. The Kier molecular flexibility index (Phi) is 4.45. The van der Waals surface area contributed by atoms with E-state index in [0.717, 1.165) is 18.7 Å². The monoisotopic (exact) mass is 246 g/mol. The second-order valence-electron chi connectivity index (χ2n) is 4.25. The third-order valence-corrected chi connectivity index (χ3v) is 2.37. The van der Waals surface area contributed by atoms with Crippen LogP contribution in [0.4, 0.5) is 12.9 Å². The summed E-state index contributed by atoms with van der Waals surface area (Å²) >= 11 is 0. The summed E-state index contributed by atoms with van der Waals surface area (Å²) in [6.07, 6.45) is 0. The highest BCUT2D eigenvalue weighted by atomic mass is 19.4. The molecule has 0 aromatic heterocycles. The molecule has 0 amide bonds. The predicted octanol–water partition coefficient (Wildman–Crippen LogP) is 1.99. The molecule has 0 radical (unpaired) electrons. The fourth-order valence-electron chi connectivity index (χ4n) is 1.38. The molecule has 0 spiro atoms. The lowest BCUT2D eigenvalue weighted by molar-refractivity contribution is 0.260. The molecule has 1 aromatic rings. The van der Waals surface area contributed by atoms with Crippen LogP contribution in [0.5, 0.6) is 5.75 Å². The number of hydrogen-bond acceptors (Lipinski definition) is 2. The Hall–Kier alpha value is -1.17. The molecule has 6 heteroatoms. The van der Waals surface area contributed by atoms with E-state index in [4.69, 9.17) is 4.74 Å². The molecule has 0 N–H and O–H groups in total. The molecule has 1 rings (SSSR count). The van der Waals surface area contributed by atoms with Gasteiger partial charge in [0.1, 0.15) is 12.4 Å². The maximum absolute atomic E-state index is 12.5. The minimum atomic E-state index is -4.93. The number of nitrogens with zero attached hydrogens (tertiary/aromatic N) is 1. The van der Waals surface area contributed by atoms with Crippen LogP contribution in [0.25, 0.3) is 0 Å². The highest BCUT2D eigenvalue weighted by Gasteiger charge is 2.25. The zero-order valence-corrected chi connectivity index (χ0v) is 10.2. The Labute approximate surface area is 99.4 Å². The van der Waals surface area contributed by atoms with Crippen LogP contribution in [-0.4, -0.2) is 39.1 Å². The molecule has 17 heavy (non-hydrogen) atoms. The van der Waals surface area contributed by atoms with Gasteiger partial charge >= 0.3 is 6.98 Å². The standard InChI is InChI=1S/C11H16BF3NO/c1-9-8-10(12(13,14)15)4-5-11(9)17-7-6-16(2)3/h4-5,8H,6-7H2,1-3H3/q-1. The first-order valence-corrected chi connectivity index (χ1v) is 5.38. The summed E-state index contributed by atoms with van der Waals surface area (Å²) in [6, 6.07) is 3.58. The lowest BCUT2D eigenvalue weighted by Crippen LogP contribution is -2.34. The summed E-state index contributed by atoms with van der Waals surface area (Å²) in [5.74, 6) is 0.510. The van der Waals surface area contributed by atoms with Crippen LogP contribution in [0.1, 0.15) is 5.56 Å². The molecule has 0 heterocycles. The molecule has 2 nitrogen and oxygen atoms in total. The van der Waals surface area contributed by atoms with E-state index < -0.39 is 12.4 Å². The minimum Gasteiger partial charge on any atom is -0.492 e. The second-order valence-corrected chi connectivity index (χ2v) is 4.25.